The highest BCUT2D eigenvalue weighted by molar-refractivity contribution is 8.00. The maximum absolute atomic E-state index is 13.0. The molecular formula is C19H18N11O6S2+. The average Bonchev–Trinajstić information content (AvgIpc) is 3.47. The number of oxime groups is 1. The van der Waals surface area contributed by atoms with Crippen LogP contribution in [0.2, 0.25) is 0 Å². The highest BCUT2D eigenvalue weighted by Crippen LogP contribution is 2.40. The summed E-state index contributed by atoms with van der Waals surface area (Å²) < 4.78 is 7.03. The van der Waals surface area contributed by atoms with Crippen molar-refractivity contribution in [3.8, 4) is 0 Å². The lowest BCUT2D eigenvalue weighted by Crippen LogP contribution is -2.71. The van der Waals surface area contributed by atoms with Crippen molar-refractivity contribution in [2.45, 2.75) is 18.0 Å². The van der Waals surface area contributed by atoms with Crippen LogP contribution in [0.3, 0.4) is 0 Å². The summed E-state index contributed by atoms with van der Waals surface area (Å²) in [4.78, 5) is 53.8. The summed E-state index contributed by atoms with van der Waals surface area (Å²) in [6.07, 6.45) is 3.29. The molecule has 0 aliphatic carbocycles. The molecule has 196 valence electrons. The Balaban J connectivity index is 1.35. The fourth-order valence-electron chi connectivity index (χ4n) is 4.06. The number of β-lactam (4-membered cyclic amide) rings is 1. The van der Waals surface area contributed by atoms with Crippen LogP contribution in [0.5, 0.6) is 0 Å². The molecule has 3 aromatic rings. The lowest BCUT2D eigenvalue weighted by molar-refractivity contribution is -0.662. The molecule has 2 aliphatic heterocycles. The van der Waals surface area contributed by atoms with Gasteiger partial charge in [-0.2, -0.15) is 9.36 Å². The van der Waals surface area contributed by atoms with Crippen LogP contribution in [0.15, 0.2) is 41.0 Å². The van der Waals surface area contributed by atoms with Crippen LogP contribution in [-0.4, -0.2) is 80.9 Å². The summed E-state index contributed by atoms with van der Waals surface area (Å²) in [5.41, 5.74) is 11.0. The highest BCUT2D eigenvalue weighted by Gasteiger charge is 2.54. The van der Waals surface area contributed by atoms with Crippen molar-refractivity contribution in [2.24, 2.45) is 10.9 Å². The van der Waals surface area contributed by atoms with E-state index in [-0.39, 0.29) is 34.8 Å². The van der Waals surface area contributed by atoms with Crippen molar-refractivity contribution in [3.05, 3.63) is 41.6 Å². The van der Waals surface area contributed by atoms with E-state index in [9.17, 15) is 29.5 Å². The van der Waals surface area contributed by atoms with Crippen LogP contribution in [0, 0.1) is 0 Å². The number of rotatable bonds is 7. The fraction of sp³-hybridized carbons (Fsp3) is 0.211. The van der Waals surface area contributed by atoms with Crippen molar-refractivity contribution in [1.29, 1.82) is 0 Å². The van der Waals surface area contributed by atoms with Gasteiger partial charge in [-0.3, -0.25) is 19.8 Å². The summed E-state index contributed by atoms with van der Waals surface area (Å²) >= 11 is 2.07. The summed E-state index contributed by atoms with van der Waals surface area (Å²) in [6.45, 7) is 0.140. The largest absolute Gasteiger partial charge is 0.477 e. The predicted molar refractivity (Wildman–Crippen MR) is 131 cm³/mol. The molecule has 0 aromatic carbocycles. The van der Waals surface area contributed by atoms with Gasteiger partial charge in [-0.05, 0) is 6.07 Å². The molecule has 0 spiro atoms. The minimum absolute atomic E-state index is 0.0545. The molecule has 2 aliphatic rings. The highest BCUT2D eigenvalue weighted by atomic mass is 32.2. The normalized spacial score (nSPS) is 19.2. The number of aliphatic carboxylic acids is 1. The standard InChI is InChI=1S/C19H17N11O6S2/c20-18(35)22-8-1-2-9-28(3-4-29(9)25-8)5-7-6-37-16-11(15(32)30(16)12(7)17(33)34)23-14(31)10(26-36)13-24-19(21)38-27-13/h1-4,11,16H,5-6H2,(H7-,20,21,22,23,24,25,27,31,33,34,35,36)/p+1/t11-,16-/m1/s1. The van der Waals surface area contributed by atoms with Gasteiger partial charge in [0.15, 0.2) is 17.1 Å². The molecule has 19 heteroatoms. The lowest BCUT2D eigenvalue weighted by Gasteiger charge is -2.49. The van der Waals surface area contributed by atoms with E-state index >= 15 is 0 Å². The molecule has 0 unspecified atom stereocenters. The second-order valence-corrected chi connectivity index (χ2v) is 9.85. The van der Waals surface area contributed by atoms with Crippen molar-refractivity contribution in [2.75, 3.05) is 16.8 Å². The first kappa shape index (κ1) is 24.9. The zero-order chi connectivity index (χ0) is 27.1. The summed E-state index contributed by atoms with van der Waals surface area (Å²) in [6, 6.07) is 1.39. The van der Waals surface area contributed by atoms with Crippen molar-refractivity contribution in [3.63, 3.8) is 0 Å². The number of anilines is 2. The van der Waals surface area contributed by atoms with Gasteiger partial charge in [-0.1, -0.05) is 14.8 Å². The van der Waals surface area contributed by atoms with E-state index < -0.39 is 40.9 Å². The molecule has 0 saturated carbocycles. The van der Waals surface area contributed by atoms with E-state index in [1.807, 2.05) is 0 Å². The van der Waals surface area contributed by atoms with Crippen LogP contribution in [0.25, 0.3) is 5.65 Å². The molecular weight excluding hydrogens is 542 g/mol. The number of aromatic nitrogens is 5. The summed E-state index contributed by atoms with van der Waals surface area (Å²) in [7, 11) is 0. The Labute approximate surface area is 220 Å². The SMILES string of the molecule is NC(=O)Nc1ccc2n(cc[n+]2CC2=C(C(=O)O)N3C(=O)[C@@H](NC(=O)/C(=N\O)c4nsc(N)n4)[C@H]3SC2)n1. The van der Waals surface area contributed by atoms with Crippen LogP contribution >= 0.6 is 23.3 Å². The minimum Gasteiger partial charge on any atom is -0.477 e. The molecule has 38 heavy (non-hydrogen) atoms. The van der Waals surface area contributed by atoms with E-state index in [0.717, 1.165) is 16.4 Å². The summed E-state index contributed by atoms with van der Waals surface area (Å²) in [5.74, 6) is -2.56. The van der Waals surface area contributed by atoms with Crippen molar-refractivity contribution in [1.82, 2.24) is 29.2 Å². The second-order valence-electron chi connectivity index (χ2n) is 7.96. The predicted octanol–water partition coefficient (Wildman–Crippen LogP) is -1.84. The van der Waals surface area contributed by atoms with Crippen LogP contribution in [-0.2, 0) is 20.9 Å². The van der Waals surface area contributed by atoms with Gasteiger partial charge >= 0.3 is 17.6 Å². The lowest BCUT2D eigenvalue weighted by atomic mass is 10.0. The van der Waals surface area contributed by atoms with Gasteiger partial charge in [0, 0.05) is 28.9 Å². The van der Waals surface area contributed by atoms with Gasteiger partial charge in [0.25, 0.3) is 11.8 Å². The number of imidazole rings is 1. The number of thioether (sulfide) groups is 1. The Morgan fingerprint density at radius 3 is 2.76 bits per heavy atom. The molecule has 5 heterocycles. The van der Waals surface area contributed by atoms with E-state index in [4.69, 9.17) is 11.5 Å². The Morgan fingerprint density at radius 1 is 1.32 bits per heavy atom. The summed E-state index contributed by atoms with van der Waals surface area (Å²) in [5, 5.41) is 30.5. The van der Waals surface area contributed by atoms with E-state index in [1.54, 1.807) is 29.1 Å². The third-order valence-corrected chi connectivity index (χ3v) is 7.52. The fourth-order valence-corrected chi connectivity index (χ4v) is 5.83. The molecule has 3 aromatic heterocycles. The first-order valence-corrected chi connectivity index (χ1v) is 12.5. The first-order chi connectivity index (χ1) is 18.2. The number of hydrogen-bond donors (Lipinski definition) is 6. The number of nitrogens with one attached hydrogen (secondary N) is 2. The molecule has 4 amide bonds. The topological polar surface area (TPSA) is 247 Å². The van der Waals surface area contributed by atoms with Gasteiger partial charge in [0.2, 0.25) is 11.5 Å². The molecule has 1 saturated heterocycles. The molecule has 0 bridgehead atoms. The second kappa shape index (κ2) is 9.59. The Bertz CT molecular complexity index is 1560. The quantitative estimate of drug-likeness (QED) is 0.0616. The monoisotopic (exact) mass is 560 g/mol. The number of nitrogens with zero attached hydrogens (tertiary/aromatic N) is 7. The average molecular weight is 561 g/mol. The number of carbonyl (C=O) groups excluding carboxylic acids is 3. The third-order valence-electron chi connectivity index (χ3n) is 5.64. The number of nitrogens with two attached hydrogens (primary N) is 2. The Morgan fingerprint density at radius 2 is 2.11 bits per heavy atom. The molecule has 2 atom stereocenters. The zero-order valence-electron chi connectivity index (χ0n) is 19.0. The van der Waals surface area contributed by atoms with Crippen LogP contribution < -0.4 is 26.7 Å². The van der Waals surface area contributed by atoms with E-state index in [2.05, 4.69) is 30.2 Å². The first-order valence-electron chi connectivity index (χ1n) is 10.6. The molecule has 5 rings (SSSR count). The number of urea groups is 1. The third kappa shape index (κ3) is 4.32. The number of carboxylic acids is 1. The van der Waals surface area contributed by atoms with Gasteiger partial charge in [0.1, 0.15) is 29.9 Å². The number of fused-ring (bicyclic) bond motifs is 2. The maximum atomic E-state index is 13.0. The van der Waals surface area contributed by atoms with Crippen LogP contribution in [0.4, 0.5) is 15.7 Å². The molecule has 17 nitrogen and oxygen atoms in total. The Kier molecular flexibility index (Phi) is 6.28. The van der Waals surface area contributed by atoms with Gasteiger partial charge in [-0.25, -0.2) is 14.2 Å². The number of nitrogen functional groups attached to an aromatic ring is 1. The van der Waals surface area contributed by atoms with E-state index in [1.165, 1.54) is 16.3 Å². The molecule has 0 radical (unpaired) electrons. The Hall–Kier alpha value is -4.78. The van der Waals surface area contributed by atoms with E-state index in [0.29, 0.717) is 11.2 Å². The maximum Gasteiger partial charge on any atom is 0.352 e. The molecule has 1 fully saturated rings. The number of amides is 4. The van der Waals surface area contributed by atoms with Gasteiger partial charge in [0.05, 0.1) is 0 Å². The number of hydrogen-bond acceptors (Lipinski definition) is 12. The number of carbonyl (C=O) groups is 4. The molecule has 8 N–H and O–H groups in total. The number of primary amides is 1. The van der Waals surface area contributed by atoms with Gasteiger partial charge in [-0.15, -0.1) is 11.8 Å². The van der Waals surface area contributed by atoms with Crippen LogP contribution in [0.1, 0.15) is 5.82 Å². The van der Waals surface area contributed by atoms with Crippen molar-refractivity contribution < 1.29 is 34.1 Å². The smallest absolute Gasteiger partial charge is 0.352 e. The van der Waals surface area contributed by atoms with Gasteiger partial charge < -0.3 is 27.1 Å². The van der Waals surface area contributed by atoms with Crippen molar-refractivity contribution >= 4 is 69.4 Å². The number of carboxylic acid groups (broad SMARTS) is 1. The minimum atomic E-state index is -1.29. The zero-order valence-corrected chi connectivity index (χ0v) is 20.6.